The summed E-state index contributed by atoms with van der Waals surface area (Å²) >= 11 is 0. The fourth-order valence-corrected chi connectivity index (χ4v) is 3.83. The van der Waals surface area contributed by atoms with Crippen LogP contribution < -0.4 is 10.1 Å². The fourth-order valence-electron chi connectivity index (χ4n) is 3.83. The Morgan fingerprint density at radius 2 is 1.71 bits per heavy atom. The lowest BCUT2D eigenvalue weighted by atomic mass is 10.2. The quantitative estimate of drug-likeness (QED) is 0.473. The zero-order chi connectivity index (χ0) is 22.0. The molecule has 0 radical (unpaired) electrons. The van der Waals surface area contributed by atoms with Crippen molar-refractivity contribution in [3.05, 3.63) is 88.9 Å². The lowest BCUT2D eigenvalue weighted by Crippen LogP contribution is -2.30. The third-order valence-electron chi connectivity index (χ3n) is 5.32. The molecule has 0 bridgehead atoms. The molecule has 6 heteroatoms. The maximum atomic E-state index is 12.9. The van der Waals surface area contributed by atoms with Gasteiger partial charge < -0.3 is 14.6 Å². The minimum Gasteiger partial charge on any atom is -0.494 e. The molecule has 0 unspecified atom stereocenters. The smallest absolute Gasteiger partial charge is 0.329 e. The molecule has 0 aliphatic carbocycles. The number of hydrogen-bond donors (Lipinski definition) is 1. The van der Waals surface area contributed by atoms with Crippen molar-refractivity contribution in [1.82, 2.24) is 14.8 Å². The van der Waals surface area contributed by atoms with Gasteiger partial charge in [-0.05, 0) is 68.3 Å². The Morgan fingerprint density at radius 1 is 1.00 bits per heavy atom. The molecule has 0 atom stereocenters. The summed E-state index contributed by atoms with van der Waals surface area (Å²) in [5.41, 5.74) is 5.10. The number of amides is 3. The molecule has 2 aromatic carbocycles. The van der Waals surface area contributed by atoms with Crippen LogP contribution in [0, 0.1) is 13.8 Å². The van der Waals surface area contributed by atoms with Crippen molar-refractivity contribution in [1.29, 1.82) is 0 Å². The molecule has 1 N–H and O–H groups in total. The number of urea groups is 1. The largest absolute Gasteiger partial charge is 0.494 e. The van der Waals surface area contributed by atoms with Crippen LogP contribution in [0.25, 0.3) is 11.8 Å². The van der Waals surface area contributed by atoms with Gasteiger partial charge >= 0.3 is 6.03 Å². The highest BCUT2D eigenvalue weighted by molar-refractivity contribution is 6.13. The summed E-state index contributed by atoms with van der Waals surface area (Å²) in [6, 6.07) is 19.0. The van der Waals surface area contributed by atoms with E-state index < -0.39 is 6.03 Å². The Morgan fingerprint density at radius 3 is 2.39 bits per heavy atom. The molecule has 4 rings (SSSR count). The second kappa shape index (κ2) is 8.52. The van der Waals surface area contributed by atoms with Crippen molar-refractivity contribution >= 4 is 18.0 Å². The number of carbonyl (C=O) groups excluding carboxylic acids is 2. The highest BCUT2D eigenvalue weighted by Crippen LogP contribution is 2.25. The molecule has 2 heterocycles. The first-order chi connectivity index (χ1) is 15.0. The molecule has 1 fully saturated rings. The number of rotatable bonds is 6. The van der Waals surface area contributed by atoms with Gasteiger partial charge in [-0.25, -0.2) is 4.79 Å². The van der Waals surface area contributed by atoms with Crippen molar-refractivity contribution < 1.29 is 14.3 Å². The van der Waals surface area contributed by atoms with Crippen LogP contribution in [0.1, 0.15) is 29.4 Å². The first-order valence-corrected chi connectivity index (χ1v) is 10.3. The summed E-state index contributed by atoms with van der Waals surface area (Å²) in [6.07, 6.45) is 1.75. The summed E-state index contributed by atoms with van der Waals surface area (Å²) in [4.78, 5) is 26.5. The Bertz CT molecular complexity index is 1140. The fraction of sp³-hybridized carbons (Fsp3) is 0.200. The molecule has 3 amide bonds. The summed E-state index contributed by atoms with van der Waals surface area (Å²) in [5.74, 6) is 0.508. The number of nitrogens with one attached hydrogen (secondary N) is 1. The number of carbonyl (C=O) groups is 2. The van der Waals surface area contributed by atoms with Crippen LogP contribution in [0.3, 0.4) is 0 Å². The highest BCUT2D eigenvalue weighted by atomic mass is 16.5. The molecule has 31 heavy (non-hydrogen) atoms. The normalized spacial score (nSPS) is 14.9. The Hall–Kier alpha value is -3.80. The number of aromatic nitrogens is 1. The lowest BCUT2D eigenvalue weighted by molar-refractivity contribution is -0.123. The summed E-state index contributed by atoms with van der Waals surface area (Å²) < 4.78 is 7.64. The van der Waals surface area contributed by atoms with E-state index in [9.17, 15) is 9.59 Å². The third-order valence-corrected chi connectivity index (χ3v) is 5.32. The van der Waals surface area contributed by atoms with Gasteiger partial charge in [0.15, 0.2) is 0 Å². The van der Waals surface area contributed by atoms with Crippen molar-refractivity contribution in [2.24, 2.45) is 0 Å². The lowest BCUT2D eigenvalue weighted by Gasteiger charge is -2.11. The molecule has 1 aliphatic rings. The molecule has 158 valence electrons. The van der Waals surface area contributed by atoms with Gasteiger partial charge in [-0.1, -0.05) is 30.3 Å². The van der Waals surface area contributed by atoms with Crippen LogP contribution in [0.5, 0.6) is 5.75 Å². The molecular formula is C25H25N3O3. The Kier molecular flexibility index (Phi) is 5.62. The molecule has 3 aromatic rings. The molecule has 1 aromatic heterocycles. The molecular weight excluding hydrogens is 390 g/mol. The van der Waals surface area contributed by atoms with E-state index in [1.165, 1.54) is 4.90 Å². The number of imide groups is 1. The predicted molar refractivity (Wildman–Crippen MR) is 120 cm³/mol. The molecule has 6 nitrogen and oxygen atoms in total. The Balaban J connectivity index is 1.60. The minimum atomic E-state index is -0.402. The molecule has 1 aliphatic heterocycles. The monoisotopic (exact) mass is 415 g/mol. The predicted octanol–water partition coefficient (Wildman–Crippen LogP) is 4.59. The van der Waals surface area contributed by atoms with Gasteiger partial charge in [-0.3, -0.25) is 9.69 Å². The number of hydrogen-bond acceptors (Lipinski definition) is 3. The number of aryl methyl sites for hydroxylation is 1. The zero-order valence-corrected chi connectivity index (χ0v) is 17.9. The molecule has 0 spiro atoms. The SMILES string of the molecule is CCOc1ccc(-n2c(C)cc(/C=C3/NC(=O)N(Cc4ccccc4)C3=O)c2C)cc1. The Labute approximate surface area is 181 Å². The van der Waals surface area contributed by atoms with E-state index in [2.05, 4.69) is 9.88 Å². The summed E-state index contributed by atoms with van der Waals surface area (Å²) in [6.45, 7) is 6.84. The van der Waals surface area contributed by atoms with Crippen molar-refractivity contribution in [3.8, 4) is 11.4 Å². The first-order valence-electron chi connectivity index (χ1n) is 10.3. The van der Waals surface area contributed by atoms with Crippen LogP contribution in [0.15, 0.2) is 66.4 Å². The van der Waals surface area contributed by atoms with Gasteiger partial charge in [0.1, 0.15) is 11.4 Å². The maximum Gasteiger partial charge on any atom is 0.329 e. The maximum absolute atomic E-state index is 12.9. The van der Waals surface area contributed by atoms with Crippen molar-refractivity contribution in [3.63, 3.8) is 0 Å². The first kappa shape index (κ1) is 20.5. The van der Waals surface area contributed by atoms with Crippen LogP contribution in [-0.4, -0.2) is 28.0 Å². The third kappa shape index (κ3) is 4.10. The van der Waals surface area contributed by atoms with E-state index in [0.717, 1.165) is 34.0 Å². The van der Waals surface area contributed by atoms with E-state index in [0.29, 0.717) is 6.61 Å². The number of ether oxygens (including phenoxy) is 1. The van der Waals surface area contributed by atoms with E-state index in [1.54, 1.807) is 6.08 Å². The minimum absolute atomic E-state index is 0.244. The van der Waals surface area contributed by atoms with Crippen LogP contribution in [0.2, 0.25) is 0 Å². The van der Waals surface area contributed by atoms with Crippen molar-refractivity contribution in [2.75, 3.05) is 6.61 Å². The zero-order valence-electron chi connectivity index (χ0n) is 17.9. The van der Waals surface area contributed by atoms with Crippen LogP contribution >= 0.6 is 0 Å². The van der Waals surface area contributed by atoms with Gasteiger partial charge in [0.05, 0.1) is 13.2 Å². The van der Waals surface area contributed by atoms with Gasteiger partial charge in [0.25, 0.3) is 5.91 Å². The summed E-state index contributed by atoms with van der Waals surface area (Å²) in [5, 5.41) is 2.71. The number of benzene rings is 2. The standard InChI is InChI=1S/C25H25N3O3/c1-4-31-22-12-10-21(11-13-22)28-17(2)14-20(18(28)3)15-23-24(29)27(25(30)26-23)16-19-8-6-5-7-9-19/h5-15H,4,16H2,1-3H3,(H,26,30)/b23-15+. The van der Waals surface area contributed by atoms with Crippen LogP contribution in [0.4, 0.5) is 4.79 Å². The van der Waals surface area contributed by atoms with Gasteiger partial charge in [0, 0.05) is 17.1 Å². The van der Waals surface area contributed by atoms with E-state index in [1.807, 2.05) is 81.4 Å². The number of nitrogens with zero attached hydrogens (tertiary/aromatic N) is 2. The van der Waals surface area contributed by atoms with E-state index in [-0.39, 0.29) is 18.1 Å². The highest BCUT2D eigenvalue weighted by Gasteiger charge is 2.33. The van der Waals surface area contributed by atoms with Crippen molar-refractivity contribution in [2.45, 2.75) is 27.3 Å². The second-order valence-electron chi connectivity index (χ2n) is 7.45. The second-order valence-corrected chi connectivity index (χ2v) is 7.45. The average molecular weight is 415 g/mol. The van der Waals surface area contributed by atoms with Gasteiger partial charge in [0.2, 0.25) is 0 Å². The van der Waals surface area contributed by atoms with Gasteiger partial charge in [-0.15, -0.1) is 0 Å². The van der Waals surface area contributed by atoms with E-state index >= 15 is 0 Å². The van der Waals surface area contributed by atoms with Gasteiger partial charge in [-0.2, -0.15) is 0 Å². The van der Waals surface area contributed by atoms with Crippen LogP contribution in [-0.2, 0) is 11.3 Å². The molecule has 0 saturated carbocycles. The average Bonchev–Trinajstić information content (AvgIpc) is 3.19. The topological polar surface area (TPSA) is 63.6 Å². The van der Waals surface area contributed by atoms with E-state index in [4.69, 9.17) is 4.74 Å². The summed E-state index contributed by atoms with van der Waals surface area (Å²) in [7, 11) is 0. The molecule has 1 saturated heterocycles.